The number of nitrogens with one attached hydrogen (secondary N) is 1. The highest BCUT2D eigenvalue weighted by Gasteiger charge is 2.33. The highest BCUT2D eigenvalue weighted by atomic mass is 15.2. The zero-order valence-electron chi connectivity index (χ0n) is 8.13. The smallest absolute Gasteiger partial charge is 0.0573 e. The van der Waals surface area contributed by atoms with Crippen molar-refractivity contribution in [2.24, 2.45) is 5.92 Å². The summed E-state index contributed by atoms with van der Waals surface area (Å²) in [6, 6.07) is 0.942. The molecule has 1 atom stereocenters. The van der Waals surface area contributed by atoms with E-state index in [1.807, 2.05) is 0 Å². The molecule has 0 aromatic carbocycles. The van der Waals surface area contributed by atoms with Gasteiger partial charge in [-0.05, 0) is 31.7 Å². The molecule has 0 aromatic rings. The summed E-state index contributed by atoms with van der Waals surface area (Å²) in [5, 5.41) is 3.29. The second kappa shape index (κ2) is 4.13. The molecule has 0 radical (unpaired) electrons. The minimum absolute atomic E-state index is 0.722. The normalized spacial score (nSPS) is 29.0. The average molecular weight is 178 g/mol. The van der Waals surface area contributed by atoms with Crippen molar-refractivity contribution in [3.8, 4) is 12.3 Å². The monoisotopic (exact) mass is 178 g/mol. The van der Waals surface area contributed by atoms with Gasteiger partial charge in [-0.25, -0.2) is 0 Å². The molecule has 0 spiro atoms. The fourth-order valence-electron chi connectivity index (χ4n) is 2.15. The maximum absolute atomic E-state index is 5.18. The van der Waals surface area contributed by atoms with Gasteiger partial charge in [-0.1, -0.05) is 5.92 Å². The van der Waals surface area contributed by atoms with Gasteiger partial charge in [0.25, 0.3) is 0 Å². The predicted octanol–water partition coefficient (Wildman–Crippen LogP) is 0.694. The molecule has 72 valence electrons. The van der Waals surface area contributed by atoms with E-state index in [0.717, 1.165) is 25.0 Å². The van der Waals surface area contributed by atoms with Gasteiger partial charge in [0, 0.05) is 19.1 Å². The summed E-state index contributed by atoms with van der Waals surface area (Å²) in [7, 11) is 0. The average Bonchev–Trinajstić information content (AvgIpc) is 2.88. The number of likely N-dealkylation sites (tertiary alicyclic amines) is 1. The lowest BCUT2D eigenvalue weighted by atomic mass is 10.1. The van der Waals surface area contributed by atoms with E-state index in [1.54, 1.807) is 0 Å². The second-order valence-corrected chi connectivity index (χ2v) is 4.22. The Hall–Kier alpha value is -0.520. The number of hydrogen-bond donors (Lipinski definition) is 1. The zero-order valence-corrected chi connectivity index (χ0v) is 8.13. The maximum atomic E-state index is 5.18. The van der Waals surface area contributed by atoms with Crippen LogP contribution in [0.4, 0.5) is 0 Å². The van der Waals surface area contributed by atoms with Crippen LogP contribution in [0, 0.1) is 18.3 Å². The van der Waals surface area contributed by atoms with E-state index in [4.69, 9.17) is 6.42 Å². The molecule has 2 nitrogen and oxygen atoms in total. The van der Waals surface area contributed by atoms with Crippen molar-refractivity contribution >= 4 is 0 Å². The first-order chi connectivity index (χ1) is 6.40. The molecule has 1 saturated heterocycles. The highest BCUT2D eigenvalue weighted by molar-refractivity contribution is 4.91. The van der Waals surface area contributed by atoms with E-state index in [0.29, 0.717) is 0 Å². The molecule has 1 N–H and O–H groups in total. The molecule has 1 heterocycles. The van der Waals surface area contributed by atoms with Gasteiger partial charge in [0.2, 0.25) is 0 Å². The van der Waals surface area contributed by atoms with Gasteiger partial charge in [-0.3, -0.25) is 0 Å². The molecule has 2 fully saturated rings. The van der Waals surface area contributed by atoms with Crippen molar-refractivity contribution in [3.05, 3.63) is 0 Å². The van der Waals surface area contributed by atoms with E-state index in [2.05, 4.69) is 16.1 Å². The van der Waals surface area contributed by atoms with E-state index in [-0.39, 0.29) is 0 Å². The van der Waals surface area contributed by atoms with Crippen molar-refractivity contribution in [1.29, 1.82) is 0 Å². The molecular weight excluding hydrogens is 160 g/mol. The third-order valence-corrected chi connectivity index (χ3v) is 3.04. The van der Waals surface area contributed by atoms with E-state index in [1.165, 1.54) is 32.4 Å². The quantitative estimate of drug-likeness (QED) is 0.503. The summed E-state index contributed by atoms with van der Waals surface area (Å²) >= 11 is 0. The van der Waals surface area contributed by atoms with Crippen LogP contribution in [0.3, 0.4) is 0 Å². The van der Waals surface area contributed by atoms with Crippen LogP contribution < -0.4 is 5.32 Å². The third kappa shape index (κ3) is 2.46. The molecule has 1 unspecified atom stereocenters. The van der Waals surface area contributed by atoms with Crippen LogP contribution in [0.15, 0.2) is 0 Å². The van der Waals surface area contributed by atoms with Crippen LogP contribution in [0.1, 0.15) is 19.3 Å². The minimum Gasteiger partial charge on any atom is -0.306 e. The van der Waals surface area contributed by atoms with Crippen LogP contribution in [-0.4, -0.2) is 37.1 Å². The number of rotatable bonds is 4. The summed E-state index contributed by atoms with van der Waals surface area (Å²) in [5.41, 5.74) is 0. The summed E-state index contributed by atoms with van der Waals surface area (Å²) in [5.74, 6) is 3.45. The van der Waals surface area contributed by atoms with Gasteiger partial charge in [0.05, 0.1) is 6.54 Å². The molecular formula is C11H18N2. The number of hydrogen-bond acceptors (Lipinski definition) is 2. The molecule has 2 rings (SSSR count). The Balaban J connectivity index is 1.63. The Labute approximate surface area is 80.7 Å². The van der Waals surface area contributed by atoms with Crippen molar-refractivity contribution in [2.45, 2.75) is 25.3 Å². The van der Waals surface area contributed by atoms with Gasteiger partial charge < -0.3 is 10.2 Å². The largest absolute Gasteiger partial charge is 0.306 e. The molecule has 0 aromatic heterocycles. The number of nitrogens with zero attached hydrogens (tertiary/aromatic N) is 1. The third-order valence-electron chi connectivity index (χ3n) is 3.04. The number of terminal acetylenes is 1. The topological polar surface area (TPSA) is 15.3 Å². The summed E-state index contributed by atoms with van der Waals surface area (Å²) in [4.78, 5) is 2.64. The van der Waals surface area contributed by atoms with Crippen LogP contribution in [0.5, 0.6) is 0 Å². The van der Waals surface area contributed by atoms with E-state index in [9.17, 15) is 0 Å². The first kappa shape index (κ1) is 9.05. The Bertz CT molecular complexity index is 203. The van der Waals surface area contributed by atoms with Crippen LogP contribution in [0.25, 0.3) is 0 Å². The molecule has 2 heteroatoms. The lowest BCUT2D eigenvalue weighted by molar-refractivity contribution is 0.312. The molecule has 0 bridgehead atoms. The Morgan fingerprint density at radius 2 is 2.23 bits per heavy atom. The maximum Gasteiger partial charge on any atom is 0.0573 e. The second-order valence-electron chi connectivity index (χ2n) is 4.22. The fraction of sp³-hybridized carbons (Fsp3) is 0.818. The van der Waals surface area contributed by atoms with Crippen molar-refractivity contribution in [2.75, 3.05) is 26.2 Å². The molecule has 1 aliphatic carbocycles. The van der Waals surface area contributed by atoms with E-state index >= 15 is 0 Å². The van der Waals surface area contributed by atoms with Crippen molar-refractivity contribution in [1.82, 2.24) is 10.2 Å². The SMILES string of the molecule is C#CCNCC1CCN(C2CC2)C1. The summed E-state index contributed by atoms with van der Waals surface area (Å²) in [6.45, 7) is 4.43. The molecule has 1 aliphatic heterocycles. The van der Waals surface area contributed by atoms with Gasteiger partial charge >= 0.3 is 0 Å². The fourth-order valence-corrected chi connectivity index (χ4v) is 2.15. The minimum atomic E-state index is 0.722. The van der Waals surface area contributed by atoms with Gasteiger partial charge in [0.15, 0.2) is 0 Å². The van der Waals surface area contributed by atoms with Gasteiger partial charge in [-0.15, -0.1) is 6.42 Å². The molecule has 0 amide bonds. The van der Waals surface area contributed by atoms with Crippen LogP contribution >= 0.6 is 0 Å². The van der Waals surface area contributed by atoms with Gasteiger partial charge in [-0.2, -0.15) is 0 Å². The standard InChI is InChI=1S/C11H18N2/c1-2-6-12-8-10-5-7-13(9-10)11-3-4-11/h1,10-12H,3-9H2. The van der Waals surface area contributed by atoms with Gasteiger partial charge in [0.1, 0.15) is 0 Å². The predicted molar refractivity (Wildman–Crippen MR) is 54.4 cm³/mol. The highest BCUT2D eigenvalue weighted by Crippen LogP contribution is 2.31. The zero-order chi connectivity index (χ0) is 9.10. The first-order valence-electron chi connectivity index (χ1n) is 5.28. The Morgan fingerprint density at radius 3 is 2.92 bits per heavy atom. The summed E-state index contributed by atoms with van der Waals surface area (Å²) < 4.78 is 0. The van der Waals surface area contributed by atoms with E-state index < -0.39 is 0 Å². The molecule has 1 saturated carbocycles. The van der Waals surface area contributed by atoms with Crippen LogP contribution in [0.2, 0.25) is 0 Å². The summed E-state index contributed by atoms with van der Waals surface area (Å²) in [6.07, 6.45) is 9.40. The Morgan fingerprint density at radius 1 is 1.38 bits per heavy atom. The van der Waals surface area contributed by atoms with Crippen molar-refractivity contribution < 1.29 is 0 Å². The molecule has 13 heavy (non-hydrogen) atoms. The molecule has 2 aliphatic rings. The first-order valence-corrected chi connectivity index (χ1v) is 5.28. The lowest BCUT2D eigenvalue weighted by Gasteiger charge is -2.14. The van der Waals surface area contributed by atoms with Crippen LogP contribution in [-0.2, 0) is 0 Å². The van der Waals surface area contributed by atoms with Crippen molar-refractivity contribution in [3.63, 3.8) is 0 Å². The lowest BCUT2D eigenvalue weighted by Crippen LogP contribution is -2.27. The Kier molecular flexibility index (Phi) is 2.87.